The largest absolute Gasteiger partial charge is 0.397 e. The van der Waals surface area contributed by atoms with Gasteiger partial charge in [0.2, 0.25) is 0 Å². The van der Waals surface area contributed by atoms with Crippen molar-refractivity contribution in [1.29, 1.82) is 0 Å². The molecule has 19 heavy (non-hydrogen) atoms. The molecule has 0 bridgehead atoms. The van der Waals surface area contributed by atoms with Gasteiger partial charge in [0.15, 0.2) is 0 Å². The van der Waals surface area contributed by atoms with E-state index in [-0.39, 0.29) is 0 Å². The van der Waals surface area contributed by atoms with Crippen LogP contribution in [0.3, 0.4) is 0 Å². The first-order chi connectivity index (χ1) is 9.08. The Balaban J connectivity index is 2.30. The number of aryl methyl sites for hydroxylation is 1. The number of nitrogens with one attached hydrogen (secondary N) is 1. The summed E-state index contributed by atoms with van der Waals surface area (Å²) in [4.78, 5) is 0.499. The van der Waals surface area contributed by atoms with Crippen molar-refractivity contribution in [2.24, 2.45) is 0 Å². The zero-order valence-corrected chi connectivity index (χ0v) is 11.2. The molecule has 2 nitrogen and oxygen atoms in total. The maximum Gasteiger partial charge on any atom is 0.288 e. The van der Waals surface area contributed by atoms with Gasteiger partial charge in [0.05, 0.1) is 17.1 Å². The van der Waals surface area contributed by atoms with Crippen LogP contribution in [0.1, 0.15) is 5.56 Å². The lowest BCUT2D eigenvalue weighted by molar-refractivity contribution is 0.252. The van der Waals surface area contributed by atoms with Gasteiger partial charge in [-0.15, -0.1) is 0 Å². The van der Waals surface area contributed by atoms with E-state index in [0.29, 0.717) is 28.0 Å². The number of para-hydroxylation sites is 2. The van der Waals surface area contributed by atoms with Crippen LogP contribution < -0.4 is 11.1 Å². The summed E-state index contributed by atoms with van der Waals surface area (Å²) in [6, 6.07) is 12.5. The molecule has 0 aromatic heterocycles. The first kappa shape index (κ1) is 13.7. The Bertz CT molecular complexity index is 573. The molecule has 100 valence electrons. The molecule has 0 radical (unpaired) electrons. The highest BCUT2D eigenvalue weighted by atomic mass is 32.2. The number of benzene rings is 2. The minimum Gasteiger partial charge on any atom is -0.397 e. The lowest BCUT2D eigenvalue weighted by atomic mass is 10.1. The summed E-state index contributed by atoms with van der Waals surface area (Å²) in [5.41, 5.74) is 8.89. The maximum absolute atomic E-state index is 12.5. The standard InChI is InChI=1S/C14H14F2N2S/c1-9-5-4-7-11(13(9)17)18-10-6-2-3-8-12(10)19-14(15)16/h2-8,14,18H,17H2,1H3. The molecule has 0 spiro atoms. The van der Waals surface area contributed by atoms with Gasteiger partial charge < -0.3 is 11.1 Å². The highest BCUT2D eigenvalue weighted by Gasteiger charge is 2.10. The molecule has 0 atom stereocenters. The smallest absolute Gasteiger partial charge is 0.288 e. The predicted octanol–water partition coefficient (Wildman–Crippen LogP) is 4.64. The minimum absolute atomic E-state index is 0.499. The fourth-order valence-corrected chi connectivity index (χ4v) is 2.30. The van der Waals surface area contributed by atoms with Gasteiger partial charge in [-0.05, 0) is 30.7 Å². The van der Waals surface area contributed by atoms with Crippen LogP contribution in [0.4, 0.5) is 25.8 Å². The third-order valence-electron chi connectivity index (χ3n) is 2.70. The normalized spacial score (nSPS) is 10.7. The van der Waals surface area contributed by atoms with Crippen molar-refractivity contribution in [2.75, 3.05) is 11.1 Å². The van der Waals surface area contributed by atoms with Crippen molar-refractivity contribution < 1.29 is 8.78 Å². The van der Waals surface area contributed by atoms with Gasteiger partial charge >= 0.3 is 0 Å². The summed E-state index contributed by atoms with van der Waals surface area (Å²) < 4.78 is 25.0. The summed E-state index contributed by atoms with van der Waals surface area (Å²) in [6.07, 6.45) is 0. The highest BCUT2D eigenvalue weighted by molar-refractivity contribution is 7.99. The molecular formula is C14H14F2N2S. The molecule has 0 amide bonds. The lowest BCUT2D eigenvalue weighted by Crippen LogP contribution is -1.99. The molecule has 3 N–H and O–H groups in total. The average Bonchev–Trinajstić information content (AvgIpc) is 2.36. The number of hydrogen-bond donors (Lipinski definition) is 2. The zero-order chi connectivity index (χ0) is 13.8. The minimum atomic E-state index is -2.45. The van der Waals surface area contributed by atoms with E-state index >= 15 is 0 Å². The zero-order valence-electron chi connectivity index (χ0n) is 10.4. The first-order valence-corrected chi connectivity index (χ1v) is 6.62. The van der Waals surface area contributed by atoms with E-state index in [9.17, 15) is 8.78 Å². The van der Waals surface area contributed by atoms with Crippen molar-refractivity contribution in [2.45, 2.75) is 17.6 Å². The van der Waals surface area contributed by atoms with Crippen LogP contribution >= 0.6 is 11.8 Å². The van der Waals surface area contributed by atoms with Crippen LogP contribution in [0.15, 0.2) is 47.4 Å². The Morgan fingerprint density at radius 1 is 1.05 bits per heavy atom. The number of rotatable bonds is 4. The van der Waals surface area contributed by atoms with Gasteiger partial charge in [-0.25, -0.2) is 0 Å². The molecule has 2 rings (SSSR count). The summed E-state index contributed by atoms with van der Waals surface area (Å²) in [5, 5.41) is 3.11. The Hall–Kier alpha value is -1.75. The third kappa shape index (κ3) is 3.38. The van der Waals surface area contributed by atoms with E-state index in [1.54, 1.807) is 24.3 Å². The van der Waals surface area contributed by atoms with Crippen molar-refractivity contribution in [3.8, 4) is 0 Å². The molecule has 0 saturated carbocycles. The highest BCUT2D eigenvalue weighted by Crippen LogP contribution is 2.34. The van der Waals surface area contributed by atoms with Crippen molar-refractivity contribution in [3.05, 3.63) is 48.0 Å². The van der Waals surface area contributed by atoms with E-state index in [1.807, 2.05) is 25.1 Å². The molecule has 0 fully saturated rings. The van der Waals surface area contributed by atoms with Crippen LogP contribution in [-0.4, -0.2) is 5.76 Å². The second-order valence-corrected chi connectivity index (χ2v) is 5.07. The summed E-state index contributed by atoms with van der Waals surface area (Å²) in [6.45, 7) is 1.90. The number of thioether (sulfide) groups is 1. The van der Waals surface area contributed by atoms with Gasteiger partial charge in [0.25, 0.3) is 5.76 Å². The predicted molar refractivity (Wildman–Crippen MR) is 77.2 cm³/mol. The summed E-state index contributed by atoms with van der Waals surface area (Å²) in [7, 11) is 0. The average molecular weight is 280 g/mol. The molecule has 0 heterocycles. The number of anilines is 3. The quantitative estimate of drug-likeness (QED) is 0.633. The third-order valence-corrected chi connectivity index (χ3v) is 3.48. The van der Waals surface area contributed by atoms with Crippen LogP contribution in [0, 0.1) is 6.92 Å². The molecule has 2 aromatic rings. The molecular weight excluding hydrogens is 266 g/mol. The van der Waals surface area contributed by atoms with Crippen molar-refractivity contribution >= 4 is 28.8 Å². The van der Waals surface area contributed by atoms with E-state index in [4.69, 9.17) is 5.73 Å². The number of halogens is 2. The molecule has 0 saturated heterocycles. The molecule has 0 aliphatic rings. The van der Waals surface area contributed by atoms with Crippen LogP contribution in [0.5, 0.6) is 0 Å². The van der Waals surface area contributed by atoms with Gasteiger partial charge in [0.1, 0.15) is 0 Å². The van der Waals surface area contributed by atoms with E-state index < -0.39 is 5.76 Å². The van der Waals surface area contributed by atoms with Crippen molar-refractivity contribution in [1.82, 2.24) is 0 Å². The fourth-order valence-electron chi connectivity index (χ4n) is 1.70. The van der Waals surface area contributed by atoms with Crippen LogP contribution in [-0.2, 0) is 0 Å². The number of alkyl halides is 2. The van der Waals surface area contributed by atoms with Gasteiger partial charge in [-0.2, -0.15) is 8.78 Å². The van der Waals surface area contributed by atoms with E-state index in [2.05, 4.69) is 5.32 Å². The molecule has 5 heteroatoms. The van der Waals surface area contributed by atoms with Gasteiger partial charge in [0, 0.05) is 4.90 Å². The topological polar surface area (TPSA) is 38.0 Å². The molecule has 0 aliphatic carbocycles. The number of nitrogen functional groups attached to an aromatic ring is 1. The first-order valence-electron chi connectivity index (χ1n) is 5.74. The Morgan fingerprint density at radius 2 is 1.74 bits per heavy atom. The molecule has 0 unspecified atom stereocenters. The Labute approximate surface area is 115 Å². The summed E-state index contributed by atoms with van der Waals surface area (Å²) >= 11 is 0.518. The lowest BCUT2D eigenvalue weighted by Gasteiger charge is -2.14. The monoisotopic (exact) mass is 280 g/mol. The Morgan fingerprint density at radius 3 is 2.47 bits per heavy atom. The van der Waals surface area contributed by atoms with Crippen LogP contribution in [0.25, 0.3) is 0 Å². The van der Waals surface area contributed by atoms with E-state index in [0.717, 1.165) is 11.3 Å². The Kier molecular flexibility index (Phi) is 4.27. The SMILES string of the molecule is Cc1cccc(Nc2ccccc2SC(F)F)c1N. The second kappa shape index (κ2) is 5.93. The van der Waals surface area contributed by atoms with Gasteiger partial charge in [-0.3, -0.25) is 0 Å². The second-order valence-electron chi connectivity index (χ2n) is 4.04. The molecule has 2 aromatic carbocycles. The van der Waals surface area contributed by atoms with E-state index in [1.165, 1.54) is 0 Å². The summed E-state index contributed by atoms with van der Waals surface area (Å²) in [5.74, 6) is -2.45. The number of hydrogen-bond acceptors (Lipinski definition) is 3. The molecule has 0 aliphatic heterocycles. The number of nitrogens with two attached hydrogens (primary N) is 1. The van der Waals surface area contributed by atoms with Crippen LogP contribution in [0.2, 0.25) is 0 Å². The maximum atomic E-state index is 12.5. The fraction of sp³-hybridized carbons (Fsp3) is 0.143. The van der Waals surface area contributed by atoms with Crippen molar-refractivity contribution in [3.63, 3.8) is 0 Å². The van der Waals surface area contributed by atoms with Gasteiger partial charge in [-0.1, -0.05) is 36.0 Å².